The van der Waals surface area contributed by atoms with Crippen molar-refractivity contribution in [3.8, 4) is 5.88 Å². The number of carboxylic acids is 1. The summed E-state index contributed by atoms with van der Waals surface area (Å²) in [5.41, 5.74) is 12.1. The Hall–Kier alpha value is -2.83. The average Bonchev–Trinajstić information content (AvgIpc) is 3.33. The number of aliphatic carboxylic acids is 1. The molecule has 7 atom stereocenters. The standard InChI is InChI=1S/C37H52N4O3/c1-32(2)13-15-37(31(42)43)16-14-36(7)28(24(37)19-32)22(21-9-10-27(44-8)39-20-21)17-26-34(5)18-23-29(40-41-30(23)38)33(3,4)25(34)11-12-35(26,36)6/h9-10,20,24-26H,11-19H2,1-8H3,(H,42,43)(H3,38,40,41)/t24-,25-,26?,34-,35+,36+,37-/m0/s1. The number of carbonyl (C=O) groups is 1. The molecule has 0 spiro atoms. The molecule has 3 saturated carbocycles. The monoisotopic (exact) mass is 600 g/mol. The molecule has 2 aromatic rings. The quantitative estimate of drug-likeness (QED) is 0.331. The third kappa shape index (κ3) is 3.64. The Balaban J connectivity index is 1.48. The molecule has 2 heterocycles. The Kier molecular flexibility index (Phi) is 6.19. The zero-order valence-electron chi connectivity index (χ0n) is 28.1. The largest absolute Gasteiger partial charge is 0.481 e. The fourth-order valence-electron chi connectivity index (χ4n) is 12.1. The maximum absolute atomic E-state index is 13.4. The lowest BCUT2D eigenvalue weighted by molar-refractivity contribution is -0.175. The van der Waals surface area contributed by atoms with E-state index < -0.39 is 11.4 Å². The summed E-state index contributed by atoms with van der Waals surface area (Å²) in [6.07, 6.45) is 10.4. The van der Waals surface area contributed by atoms with Gasteiger partial charge in [-0.25, -0.2) is 4.98 Å². The number of carboxylic acid groups (broad SMARTS) is 1. The van der Waals surface area contributed by atoms with Crippen molar-refractivity contribution in [2.75, 3.05) is 12.8 Å². The predicted octanol–water partition coefficient (Wildman–Crippen LogP) is 7.82. The summed E-state index contributed by atoms with van der Waals surface area (Å²) >= 11 is 0. The summed E-state index contributed by atoms with van der Waals surface area (Å²) in [5.74, 6) is 1.55. The fraction of sp³-hybridized carbons (Fsp3) is 0.703. The van der Waals surface area contributed by atoms with Crippen molar-refractivity contribution < 1.29 is 14.6 Å². The van der Waals surface area contributed by atoms with Crippen LogP contribution in [0, 0.1) is 44.8 Å². The molecule has 7 nitrogen and oxygen atoms in total. The molecule has 44 heavy (non-hydrogen) atoms. The fourth-order valence-corrected chi connectivity index (χ4v) is 12.1. The number of anilines is 1. The number of hydrogen-bond acceptors (Lipinski definition) is 5. The highest BCUT2D eigenvalue weighted by molar-refractivity contribution is 5.80. The first-order chi connectivity index (χ1) is 20.5. The number of nitrogens with zero attached hydrogens (tertiary/aromatic N) is 2. The zero-order chi connectivity index (χ0) is 31.7. The molecule has 0 bridgehead atoms. The van der Waals surface area contributed by atoms with Gasteiger partial charge in [0.15, 0.2) is 0 Å². The minimum Gasteiger partial charge on any atom is -0.481 e. The Morgan fingerprint density at radius 1 is 1.02 bits per heavy atom. The number of nitrogen functional groups attached to an aromatic ring is 1. The molecule has 3 fully saturated rings. The zero-order valence-corrected chi connectivity index (χ0v) is 28.1. The van der Waals surface area contributed by atoms with E-state index in [2.05, 4.69) is 64.7 Å². The summed E-state index contributed by atoms with van der Waals surface area (Å²) in [5, 5.41) is 18.8. The van der Waals surface area contributed by atoms with Crippen LogP contribution in [0.3, 0.4) is 0 Å². The van der Waals surface area contributed by atoms with Crippen LogP contribution in [0.1, 0.15) is 117 Å². The molecule has 0 saturated heterocycles. The molecule has 7 rings (SSSR count). The van der Waals surface area contributed by atoms with Crippen molar-refractivity contribution >= 4 is 17.4 Å². The highest BCUT2D eigenvalue weighted by Gasteiger charge is 2.70. The highest BCUT2D eigenvalue weighted by Crippen LogP contribution is 2.77. The first-order valence-electron chi connectivity index (χ1n) is 16.8. The molecular weight excluding hydrogens is 548 g/mol. The van der Waals surface area contributed by atoms with Gasteiger partial charge in [-0.2, -0.15) is 5.10 Å². The van der Waals surface area contributed by atoms with E-state index in [1.54, 1.807) is 7.11 Å². The van der Waals surface area contributed by atoms with Crippen molar-refractivity contribution in [3.63, 3.8) is 0 Å². The number of nitrogens with two attached hydrogens (primary N) is 1. The van der Waals surface area contributed by atoms with Crippen molar-refractivity contribution in [2.45, 2.75) is 112 Å². The van der Waals surface area contributed by atoms with Gasteiger partial charge < -0.3 is 15.6 Å². The van der Waals surface area contributed by atoms with E-state index >= 15 is 0 Å². The normalized spacial score (nSPS) is 40.1. The number of aromatic nitrogens is 3. The minimum absolute atomic E-state index is 0.00829. The van der Waals surface area contributed by atoms with Gasteiger partial charge in [-0.3, -0.25) is 9.89 Å². The number of aromatic amines is 1. The molecule has 5 aliphatic carbocycles. The van der Waals surface area contributed by atoms with Crippen LogP contribution in [-0.2, 0) is 16.6 Å². The third-order valence-electron chi connectivity index (χ3n) is 14.7. The molecule has 7 heteroatoms. The number of ether oxygens (including phenoxy) is 1. The van der Waals surface area contributed by atoms with Gasteiger partial charge in [-0.1, -0.05) is 54.0 Å². The first kappa shape index (κ1) is 29.9. The Bertz CT molecular complexity index is 1550. The number of H-pyrrole nitrogens is 1. The Labute approximate surface area is 262 Å². The number of allylic oxidation sites excluding steroid dienone is 2. The van der Waals surface area contributed by atoms with Gasteiger partial charge >= 0.3 is 5.97 Å². The van der Waals surface area contributed by atoms with Crippen LogP contribution in [-0.4, -0.2) is 33.4 Å². The van der Waals surface area contributed by atoms with Crippen LogP contribution in [0.4, 0.5) is 5.82 Å². The van der Waals surface area contributed by atoms with Gasteiger partial charge in [0.25, 0.3) is 0 Å². The highest BCUT2D eigenvalue weighted by atomic mass is 16.5. The molecule has 0 radical (unpaired) electrons. The molecule has 2 aromatic heterocycles. The lowest BCUT2D eigenvalue weighted by Crippen LogP contribution is -2.65. The summed E-state index contributed by atoms with van der Waals surface area (Å²) in [7, 11) is 1.66. The molecule has 0 aliphatic heterocycles. The van der Waals surface area contributed by atoms with Crippen LogP contribution < -0.4 is 10.5 Å². The number of hydrogen-bond donors (Lipinski definition) is 3. The maximum Gasteiger partial charge on any atom is 0.310 e. The Morgan fingerprint density at radius 2 is 1.75 bits per heavy atom. The van der Waals surface area contributed by atoms with E-state index in [1.165, 1.54) is 22.4 Å². The Morgan fingerprint density at radius 3 is 2.41 bits per heavy atom. The molecule has 5 aliphatic rings. The first-order valence-corrected chi connectivity index (χ1v) is 16.8. The summed E-state index contributed by atoms with van der Waals surface area (Å²) in [4.78, 5) is 18.0. The number of fused-ring (bicyclic) bond motifs is 8. The second-order valence-corrected chi connectivity index (χ2v) is 17.3. The van der Waals surface area contributed by atoms with Gasteiger partial charge in [-0.05, 0) is 114 Å². The van der Waals surface area contributed by atoms with Gasteiger partial charge in [0.05, 0.1) is 12.5 Å². The van der Waals surface area contributed by atoms with E-state index in [-0.39, 0.29) is 33.0 Å². The molecule has 1 unspecified atom stereocenters. The second-order valence-electron chi connectivity index (χ2n) is 17.3. The smallest absolute Gasteiger partial charge is 0.310 e. The summed E-state index contributed by atoms with van der Waals surface area (Å²) in [6.45, 7) is 17.1. The summed E-state index contributed by atoms with van der Waals surface area (Å²) < 4.78 is 5.47. The van der Waals surface area contributed by atoms with Crippen molar-refractivity contribution in [1.29, 1.82) is 0 Å². The van der Waals surface area contributed by atoms with E-state index in [4.69, 9.17) is 15.5 Å². The van der Waals surface area contributed by atoms with Crippen LogP contribution in [0.5, 0.6) is 5.88 Å². The predicted molar refractivity (Wildman–Crippen MR) is 173 cm³/mol. The SMILES string of the molecule is COc1ccc(C2=C3[C@@H]4CC(C)(C)CC[C@]4(C(=O)O)CC[C@@]3(C)[C@]3(C)CC[C@H]4C(C)(C)c5[nH]nc(N)c5C[C@]4(C)C3C2)cn1. The summed E-state index contributed by atoms with van der Waals surface area (Å²) in [6, 6.07) is 4.14. The van der Waals surface area contributed by atoms with Gasteiger partial charge in [0.1, 0.15) is 5.82 Å². The molecule has 4 N–H and O–H groups in total. The maximum atomic E-state index is 13.4. The lowest BCUT2D eigenvalue weighted by Gasteiger charge is -2.71. The molecule has 238 valence electrons. The average molecular weight is 601 g/mol. The van der Waals surface area contributed by atoms with Crippen molar-refractivity contribution in [3.05, 3.63) is 40.7 Å². The minimum atomic E-state index is -0.702. The topological polar surface area (TPSA) is 114 Å². The van der Waals surface area contributed by atoms with E-state index in [1.807, 2.05) is 12.3 Å². The van der Waals surface area contributed by atoms with Crippen LogP contribution in [0.2, 0.25) is 0 Å². The van der Waals surface area contributed by atoms with E-state index in [0.717, 1.165) is 63.4 Å². The van der Waals surface area contributed by atoms with Crippen LogP contribution >= 0.6 is 0 Å². The van der Waals surface area contributed by atoms with Crippen molar-refractivity contribution in [1.82, 2.24) is 15.2 Å². The van der Waals surface area contributed by atoms with Crippen molar-refractivity contribution in [2.24, 2.45) is 44.8 Å². The molecule has 0 amide bonds. The number of rotatable bonds is 3. The third-order valence-corrected chi connectivity index (χ3v) is 14.7. The molecular formula is C37H52N4O3. The molecule has 0 aromatic carbocycles. The lowest BCUT2D eigenvalue weighted by atomic mass is 9.33. The number of nitrogens with one attached hydrogen (secondary N) is 1. The number of methoxy groups -OCH3 is 1. The van der Waals surface area contributed by atoms with Crippen LogP contribution in [0.15, 0.2) is 23.9 Å². The van der Waals surface area contributed by atoms with Gasteiger partial charge in [-0.15, -0.1) is 0 Å². The second kappa shape index (κ2) is 9.13. The van der Waals surface area contributed by atoms with Gasteiger partial charge in [0, 0.05) is 28.9 Å². The van der Waals surface area contributed by atoms with Gasteiger partial charge in [0.2, 0.25) is 5.88 Å². The van der Waals surface area contributed by atoms with Crippen LogP contribution in [0.25, 0.3) is 5.57 Å². The van der Waals surface area contributed by atoms with E-state index in [0.29, 0.717) is 23.5 Å². The number of pyridine rings is 1. The van der Waals surface area contributed by atoms with E-state index in [9.17, 15) is 9.90 Å².